The van der Waals surface area contributed by atoms with Crippen molar-refractivity contribution in [3.8, 4) is 11.5 Å². The van der Waals surface area contributed by atoms with Crippen LogP contribution in [-0.2, 0) is 0 Å². The van der Waals surface area contributed by atoms with Gasteiger partial charge in [-0.15, -0.1) is 0 Å². The van der Waals surface area contributed by atoms with Gasteiger partial charge in [0.2, 0.25) is 0 Å². The maximum Gasteiger partial charge on any atom is 0.130 e. The van der Waals surface area contributed by atoms with Crippen LogP contribution >= 0.6 is 0 Å². The van der Waals surface area contributed by atoms with Crippen LogP contribution in [0.15, 0.2) is 48.5 Å². The van der Waals surface area contributed by atoms with Crippen molar-refractivity contribution >= 4 is 5.57 Å². The molecule has 0 saturated carbocycles. The summed E-state index contributed by atoms with van der Waals surface area (Å²) < 4.78 is 10.9. The first-order chi connectivity index (χ1) is 10.8. The summed E-state index contributed by atoms with van der Waals surface area (Å²) in [6.45, 7) is 8.72. The lowest BCUT2D eigenvalue weighted by atomic mass is 9.87. The van der Waals surface area contributed by atoms with E-state index >= 15 is 0 Å². The topological polar surface area (TPSA) is 18.5 Å². The Morgan fingerprint density at radius 1 is 0.913 bits per heavy atom. The van der Waals surface area contributed by atoms with Gasteiger partial charge in [0.15, 0.2) is 0 Å². The quantitative estimate of drug-likeness (QED) is 0.743. The molecular formula is C21H26O2. The largest absolute Gasteiger partial charge is 0.497 e. The molecule has 0 fully saturated rings. The highest BCUT2D eigenvalue weighted by molar-refractivity contribution is 5.83. The molecule has 0 heterocycles. The van der Waals surface area contributed by atoms with E-state index in [9.17, 15) is 0 Å². The number of allylic oxidation sites excluding steroid dienone is 1. The van der Waals surface area contributed by atoms with Crippen molar-refractivity contribution < 1.29 is 9.47 Å². The van der Waals surface area contributed by atoms with Crippen molar-refractivity contribution in [1.29, 1.82) is 0 Å². The highest BCUT2D eigenvalue weighted by Gasteiger charge is 2.16. The van der Waals surface area contributed by atoms with E-state index in [1.54, 1.807) is 14.2 Å². The first-order valence-electron chi connectivity index (χ1n) is 7.86. The Kier molecular flexibility index (Phi) is 5.15. The molecule has 0 radical (unpaired) electrons. The van der Waals surface area contributed by atoms with Crippen molar-refractivity contribution in [3.63, 3.8) is 0 Å². The monoisotopic (exact) mass is 310 g/mol. The number of ether oxygens (including phenoxy) is 2. The average molecular weight is 310 g/mol. The van der Waals surface area contributed by atoms with Crippen molar-refractivity contribution in [1.82, 2.24) is 0 Å². The van der Waals surface area contributed by atoms with E-state index in [0.717, 1.165) is 17.1 Å². The Hall–Kier alpha value is -2.22. The van der Waals surface area contributed by atoms with Crippen LogP contribution in [0.3, 0.4) is 0 Å². The molecule has 0 amide bonds. The fraction of sp³-hybridized carbons (Fsp3) is 0.333. The minimum absolute atomic E-state index is 0.0607. The van der Waals surface area contributed by atoms with Crippen LogP contribution in [0.5, 0.6) is 11.5 Å². The molecule has 0 aliphatic rings. The van der Waals surface area contributed by atoms with Crippen LogP contribution in [0.2, 0.25) is 0 Å². The molecule has 2 heteroatoms. The zero-order valence-electron chi connectivity index (χ0n) is 14.9. The number of aryl methyl sites for hydroxylation is 1. The number of methoxy groups -OCH3 is 2. The average Bonchev–Trinajstić information content (AvgIpc) is 2.52. The fourth-order valence-corrected chi connectivity index (χ4v) is 2.50. The van der Waals surface area contributed by atoms with Gasteiger partial charge in [0.25, 0.3) is 0 Å². The van der Waals surface area contributed by atoms with Gasteiger partial charge < -0.3 is 9.47 Å². The SMILES string of the molecule is COc1ccc(/C(=C/C(C)(C)C)c2ccc(C)cc2)c(OC)c1. The molecule has 2 aromatic rings. The van der Waals surface area contributed by atoms with Crippen molar-refractivity contribution in [2.75, 3.05) is 14.2 Å². The van der Waals surface area contributed by atoms with Gasteiger partial charge in [-0.3, -0.25) is 0 Å². The molecule has 0 saturated heterocycles. The summed E-state index contributed by atoms with van der Waals surface area (Å²) in [6, 6.07) is 14.6. The summed E-state index contributed by atoms with van der Waals surface area (Å²) in [5, 5.41) is 0. The third-order valence-electron chi connectivity index (χ3n) is 3.64. The minimum atomic E-state index is 0.0607. The first kappa shape index (κ1) is 17.1. The van der Waals surface area contributed by atoms with E-state index < -0.39 is 0 Å². The fourth-order valence-electron chi connectivity index (χ4n) is 2.50. The third kappa shape index (κ3) is 4.38. The van der Waals surface area contributed by atoms with E-state index in [4.69, 9.17) is 9.47 Å². The summed E-state index contributed by atoms with van der Waals surface area (Å²) in [6.07, 6.45) is 2.29. The molecule has 2 nitrogen and oxygen atoms in total. The van der Waals surface area contributed by atoms with E-state index in [1.807, 2.05) is 12.1 Å². The van der Waals surface area contributed by atoms with Crippen LogP contribution < -0.4 is 9.47 Å². The molecule has 0 aromatic heterocycles. The smallest absolute Gasteiger partial charge is 0.130 e. The predicted molar refractivity (Wildman–Crippen MR) is 97.3 cm³/mol. The summed E-state index contributed by atoms with van der Waals surface area (Å²) in [4.78, 5) is 0. The number of rotatable bonds is 4. The second-order valence-electron chi connectivity index (χ2n) is 6.86. The molecule has 0 aliphatic carbocycles. The third-order valence-corrected chi connectivity index (χ3v) is 3.64. The Balaban J connectivity index is 2.63. The van der Waals surface area contributed by atoms with Gasteiger partial charge in [-0.1, -0.05) is 56.7 Å². The molecule has 0 aliphatic heterocycles. The van der Waals surface area contributed by atoms with Crippen molar-refractivity contribution in [2.24, 2.45) is 5.41 Å². The second kappa shape index (κ2) is 6.91. The Bertz CT molecular complexity index is 689. The number of hydrogen-bond donors (Lipinski definition) is 0. The van der Waals surface area contributed by atoms with Gasteiger partial charge in [-0.05, 0) is 35.6 Å². The maximum atomic E-state index is 5.61. The van der Waals surface area contributed by atoms with E-state index in [2.05, 4.69) is 64.1 Å². The number of hydrogen-bond acceptors (Lipinski definition) is 2. The van der Waals surface area contributed by atoms with E-state index in [-0.39, 0.29) is 5.41 Å². The van der Waals surface area contributed by atoms with Gasteiger partial charge >= 0.3 is 0 Å². The van der Waals surface area contributed by atoms with Gasteiger partial charge in [-0.2, -0.15) is 0 Å². The Morgan fingerprint density at radius 3 is 2.09 bits per heavy atom. The molecule has 0 spiro atoms. The van der Waals surface area contributed by atoms with Crippen LogP contribution in [0.25, 0.3) is 5.57 Å². The zero-order chi connectivity index (χ0) is 17.0. The lowest BCUT2D eigenvalue weighted by Crippen LogP contribution is -2.03. The summed E-state index contributed by atoms with van der Waals surface area (Å²) in [7, 11) is 3.36. The van der Waals surface area contributed by atoms with Crippen molar-refractivity contribution in [3.05, 3.63) is 65.2 Å². The van der Waals surface area contributed by atoms with E-state index in [0.29, 0.717) is 0 Å². The second-order valence-corrected chi connectivity index (χ2v) is 6.86. The van der Waals surface area contributed by atoms with E-state index in [1.165, 1.54) is 16.7 Å². The van der Waals surface area contributed by atoms with Crippen LogP contribution in [0.1, 0.15) is 37.5 Å². The summed E-state index contributed by atoms with van der Waals surface area (Å²) >= 11 is 0. The van der Waals surface area contributed by atoms with Gasteiger partial charge in [0, 0.05) is 11.6 Å². The molecular weight excluding hydrogens is 284 g/mol. The highest BCUT2D eigenvalue weighted by atomic mass is 16.5. The molecule has 0 atom stereocenters. The molecule has 2 aromatic carbocycles. The Labute approximate surface area is 139 Å². The van der Waals surface area contributed by atoms with Gasteiger partial charge in [0.05, 0.1) is 14.2 Å². The normalized spacial score (nSPS) is 12.2. The molecule has 23 heavy (non-hydrogen) atoms. The predicted octanol–water partition coefficient (Wildman–Crippen LogP) is 5.49. The number of benzene rings is 2. The summed E-state index contributed by atoms with van der Waals surface area (Å²) in [5.41, 5.74) is 4.76. The van der Waals surface area contributed by atoms with Crippen molar-refractivity contribution in [2.45, 2.75) is 27.7 Å². The van der Waals surface area contributed by atoms with Gasteiger partial charge in [0.1, 0.15) is 11.5 Å². The van der Waals surface area contributed by atoms with Crippen LogP contribution in [0.4, 0.5) is 0 Å². The zero-order valence-corrected chi connectivity index (χ0v) is 14.9. The van der Waals surface area contributed by atoms with Gasteiger partial charge in [-0.25, -0.2) is 0 Å². The molecule has 0 unspecified atom stereocenters. The van der Waals surface area contributed by atoms with Crippen LogP contribution in [-0.4, -0.2) is 14.2 Å². The molecule has 0 bridgehead atoms. The standard InChI is InChI=1S/C21H26O2/c1-15-7-9-16(10-8-15)19(14-21(2,3)4)18-12-11-17(22-5)13-20(18)23-6/h7-14H,1-6H3/b19-14+. The lowest BCUT2D eigenvalue weighted by Gasteiger charge is -2.19. The molecule has 2 rings (SSSR count). The lowest BCUT2D eigenvalue weighted by molar-refractivity contribution is 0.393. The minimum Gasteiger partial charge on any atom is -0.497 e. The first-order valence-corrected chi connectivity index (χ1v) is 7.86. The maximum absolute atomic E-state index is 5.61. The summed E-state index contributed by atoms with van der Waals surface area (Å²) in [5.74, 6) is 1.62. The van der Waals surface area contributed by atoms with Crippen LogP contribution in [0, 0.1) is 12.3 Å². The highest BCUT2D eigenvalue weighted by Crippen LogP contribution is 2.36. The molecule has 122 valence electrons. The Morgan fingerprint density at radius 2 is 1.57 bits per heavy atom. The molecule has 0 N–H and O–H groups in total.